The van der Waals surface area contributed by atoms with E-state index < -0.39 is 11.4 Å². The van der Waals surface area contributed by atoms with Crippen molar-refractivity contribution in [1.29, 1.82) is 0 Å². The largest absolute Gasteiger partial charge is 0.494 e. The molecule has 0 unspecified atom stereocenters. The SMILES string of the molecule is Cc1ccc2c(c1)c(=O)oc(=O)n2CCCCOc1ccc(Cl)cc1. The van der Waals surface area contributed by atoms with E-state index in [-0.39, 0.29) is 0 Å². The molecule has 25 heavy (non-hydrogen) atoms. The lowest BCUT2D eigenvalue weighted by Gasteiger charge is -2.09. The molecule has 0 fully saturated rings. The molecule has 3 rings (SSSR count). The highest BCUT2D eigenvalue weighted by atomic mass is 35.5. The molecule has 1 aromatic heterocycles. The van der Waals surface area contributed by atoms with Crippen LogP contribution in [0.25, 0.3) is 10.9 Å². The number of rotatable bonds is 6. The fourth-order valence-electron chi connectivity index (χ4n) is 2.64. The lowest BCUT2D eigenvalue weighted by atomic mass is 10.1. The summed E-state index contributed by atoms with van der Waals surface area (Å²) in [7, 11) is 0. The normalized spacial score (nSPS) is 11.0. The maximum Gasteiger partial charge on any atom is 0.422 e. The fraction of sp³-hybridized carbons (Fsp3) is 0.263. The van der Waals surface area contributed by atoms with E-state index in [0.717, 1.165) is 24.2 Å². The highest BCUT2D eigenvalue weighted by Gasteiger charge is 2.09. The molecule has 6 heteroatoms. The minimum absolute atomic E-state index is 0.428. The van der Waals surface area contributed by atoms with Crippen molar-refractivity contribution in [3.8, 4) is 5.75 Å². The van der Waals surface area contributed by atoms with Gasteiger partial charge in [-0.2, -0.15) is 0 Å². The summed E-state index contributed by atoms with van der Waals surface area (Å²) in [6.07, 6.45) is 1.49. The second-order valence-corrected chi connectivity index (χ2v) is 6.27. The third kappa shape index (κ3) is 4.12. The number of aryl methyl sites for hydroxylation is 2. The van der Waals surface area contributed by atoms with Crippen molar-refractivity contribution in [3.63, 3.8) is 0 Å². The van der Waals surface area contributed by atoms with Crippen molar-refractivity contribution in [2.45, 2.75) is 26.3 Å². The van der Waals surface area contributed by atoms with Crippen LogP contribution < -0.4 is 16.1 Å². The second kappa shape index (κ2) is 7.57. The zero-order valence-electron chi connectivity index (χ0n) is 13.8. The van der Waals surface area contributed by atoms with E-state index in [1.807, 2.05) is 25.1 Å². The van der Waals surface area contributed by atoms with Gasteiger partial charge in [-0.05, 0) is 56.2 Å². The van der Waals surface area contributed by atoms with Gasteiger partial charge in [-0.25, -0.2) is 9.59 Å². The molecule has 5 nitrogen and oxygen atoms in total. The number of benzene rings is 2. The average Bonchev–Trinajstić information content (AvgIpc) is 2.59. The predicted molar refractivity (Wildman–Crippen MR) is 97.7 cm³/mol. The molecule has 1 heterocycles. The van der Waals surface area contributed by atoms with Gasteiger partial charge < -0.3 is 9.15 Å². The van der Waals surface area contributed by atoms with Gasteiger partial charge in [0.1, 0.15) is 5.75 Å². The summed E-state index contributed by atoms with van der Waals surface area (Å²) in [5.41, 5.74) is 0.956. The van der Waals surface area contributed by atoms with Crippen LogP contribution in [0.15, 0.2) is 56.5 Å². The van der Waals surface area contributed by atoms with E-state index >= 15 is 0 Å². The van der Waals surface area contributed by atoms with E-state index in [1.54, 1.807) is 24.3 Å². The third-order valence-electron chi connectivity index (χ3n) is 3.92. The van der Waals surface area contributed by atoms with E-state index in [4.69, 9.17) is 20.8 Å². The first-order chi connectivity index (χ1) is 12.0. The molecular formula is C19H18ClNO4. The summed E-state index contributed by atoms with van der Waals surface area (Å²) >= 11 is 5.83. The molecule has 0 saturated heterocycles. The Kier molecular flexibility index (Phi) is 5.24. The number of hydrogen-bond donors (Lipinski definition) is 0. The first-order valence-corrected chi connectivity index (χ1v) is 8.45. The van der Waals surface area contributed by atoms with Crippen molar-refractivity contribution in [3.05, 3.63) is 74.0 Å². The van der Waals surface area contributed by atoms with Crippen LogP contribution >= 0.6 is 11.6 Å². The molecule has 0 bridgehead atoms. The molecule has 0 aliphatic carbocycles. The molecule has 2 aromatic carbocycles. The lowest BCUT2D eigenvalue weighted by molar-refractivity contribution is 0.301. The molecule has 0 aliphatic rings. The molecule has 3 aromatic rings. The summed E-state index contributed by atoms with van der Waals surface area (Å²) < 4.78 is 12.0. The van der Waals surface area contributed by atoms with Crippen LogP contribution in [0.2, 0.25) is 5.02 Å². The fourth-order valence-corrected chi connectivity index (χ4v) is 2.77. The van der Waals surface area contributed by atoms with Crippen LogP contribution in [0.1, 0.15) is 18.4 Å². The second-order valence-electron chi connectivity index (χ2n) is 5.84. The molecule has 0 atom stereocenters. The zero-order chi connectivity index (χ0) is 17.8. The van der Waals surface area contributed by atoms with Crippen molar-refractivity contribution in [2.24, 2.45) is 0 Å². The maximum absolute atomic E-state index is 12.0. The Morgan fingerprint density at radius 1 is 1.08 bits per heavy atom. The Morgan fingerprint density at radius 3 is 2.60 bits per heavy atom. The Bertz CT molecular complexity index is 989. The molecule has 0 N–H and O–H groups in total. The molecule has 0 amide bonds. The smallest absolute Gasteiger partial charge is 0.422 e. The van der Waals surface area contributed by atoms with Crippen molar-refractivity contribution in [2.75, 3.05) is 6.61 Å². The lowest BCUT2D eigenvalue weighted by Crippen LogP contribution is -2.25. The topological polar surface area (TPSA) is 61.4 Å². The van der Waals surface area contributed by atoms with Crippen LogP contribution in [0.3, 0.4) is 0 Å². The average molecular weight is 360 g/mol. The number of nitrogens with zero attached hydrogens (tertiary/aromatic N) is 1. The highest BCUT2D eigenvalue weighted by Crippen LogP contribution is 2.16. The minimum atomic E-state index is -0.625. The molecular weight excluding hydrogens is 342 g/mol. The Labute approximate surface area is 149 Å². The molecule has 0 spiro atoms. The quantitative estimate of drug-likeness (QED) is 0.628. The van der Waals surface area contributed by atoms with Crippen LogP contribution in [-0.4, -0.2) is 11.2 Å². The van der Waals surface area contributed by atoms with Gasteiger partial charge in [-0.15, -0.1) is 0 Å². The van der Waals surface area contributed by atoms with E-state index in [1.165, 1.54) is 4.57 Å². The van der Waals surface area contributed by atoms with E-state index in [2.05, 4.69) is 0 Å². The van der Waals surface area contributed by atoms with Gasteiger partial charge in [-0.3, -0.25) is 4.57 Å². The predicted octanol–water partition coefficient (Wildman–Crippen LogP) is 3.78. The van der Waals surface area contributed by atoms with Gasteiger partial charge >= 0.3 is 11.4 Å². The van der Waals surface area contributed by atoms with Crippen LogP contribution in [-0.2, 0) is 6.54 Å². The first kappa shape index (κ1) is 17.3. The third-order valence-corrected chi connectivity index (χ3v) is 4.17. The number of fused-ring (bicyclic) bond motifs is 1. The Hall–Kier alpha value is -2.53. The van der Waals surface area contributed by atoms with E-state index in [9.17, 15) is 9.59 Å². The monoisotopic (exact) mass is 359 g/mol. The standard InChI is InChI=1S/C19H18ClNO4/c1-13-4-9-17-16(12-13)18(22)25-19(23)21(17)10-2-3-11-24-15-7-5-14(20)6-8-15/h4-9,12H,2-3,10-11H2,1H3. The zero-order valence-corrected chi connectivity index (χ0v) is 14.6. The van der Waals surface area contributed by atoms with Crippen molar-refractivity contribution >= 4 is 22.5 Å². The van der Waals surface area contributed by atoms with Gasteiger partial charge in [0.15, 0.2) is 0 Å². The highest BCUT2D eigenvalue weighted by molar-refractivity contribution is 6.30. The number of ether oxygens (including phenoxy) is 1. The summed E-state index contributed by atoms with van der Waals surface area (Å²) in [5, 5.41) is 1.09. The molecule has 0 aliphatic heterocycles. The molecule has 0 saturated carbocycles. The van der Waals surface area contributed by atoms with Crippen LogP contribution in [0, 0.1) is 6.92 Å². The first-order valence-electron chi connectivity index (χ1n) is 8.07. The number of hydrogen-bond acceptors (Lipinski definition) is 4. The minimum Gasteiger partial charge on any atom is -0.494 e. The summed E-state index contributed by atoms with van der Waals surface area (Å²) in [6, 6.07) is 12.6. The molecule has 130 valence electrons. The Balaban J connectivity index is 1.64. The summed E-state index contributed by atoms with van der Waals surface area (Å²) in [6.45, 7) is 2.89. The number of unbranched alkanes of at least 4 members (excludes halogenated alkanes) is 1. The summed E-state index contributed by atoms with van der Waals surface area (Å²) in [5.74, 6) is 0.133. The van der Waals surface area contributed by atoms with Crippen LogP contribution in [0.4, 0.5) is 0 Å². The van der Waals surface area contributed by atoms with Gasteiger partial charge in [0.25, 0.3) is 0 Å². The summed E-state index contributed by atoms with van der Waals surface area (Å²) in [4.78, 5) is 23.9. The van der Waals surface area contributed by atoms with Crippen molar-refractivity contribution in [1.82, 2.24) is 4.57 Å². The molecule has 0 radical (unpaired) electrons. The Morgan fingerprint density at radius 2 is 1.84 bits per heavy atom. The van der Waals surface area contributed by atoms with E-state index in [0.29, 0.717) is 29.1 Å². The van der Waals surface area contributed by atoms with Crippen molar-refractivity contribution < 1.29 is 9.15 Å². The van der Waals surface area contributed by atoms with Gasteiger partial charge in [-0.1, -0.05) is 23.2 Å². The number of aromatic nitrogens is 1. The maximum atomic E-state index is 12.0. The van der Waals surface area contributed by atoms with Gasteiger partial charge in [0.05, 0.1) is 17.5 Å². The van der Waals surface area contributed by atoms with Gasteiger partial charge in [0, 0.05) is 11.6 Å². The van der Waals surface area contributed by atoms with Gasteiger partial charge in [0.2, 0.25) is 0 Å². The van der Waals surface area contributed by atoms with Crippen LogP contribution in [0.5, 0.6) is 5.75 Å². The number of halogens is 1.